The predicted molar refractivity (Wildman–Crippen MR) is 99.1 cm³/mol. The average molecular weight is 375 g/mol. The van der Waals surface area contributed by atoms with E-state index in [1.807, 2.05) is 12.1 Å². The van der Waals surface area contributed by atoms with Gasteiger partial charge in [-0.25, -0.2) is 0 Å². The molecular formula is C19H23BrN2O. The topological polar surface area (TPSA) is 24.5 Å². The second kappa shape index (κ2) is 7.84. The Kier molecular flexibility index (Phi) is 5.57. The van der Waals surface area contributed by atoms with Crippen molar-refractivity contribution in [3.63, 3.8) is 0 Å². The van der Waals surface area contributed by atoms with Crippen LogP contribution < -0.4 is 10.1 Å². The number of ether oxygens (including phenoxy) is 1. The van der Waals surface area contributed by atoms with Gasteiger partial charge in [0.25, 0.3) is 0 Å². The summed E-state index contributed by atoms with van der Waals surface area (Å²) in [5, 5.41) is 3.63. The van der Waals surface area contributed by atoms with E-state index in [0.717, 1.165) is 35.5 Å². The number of hydrogen-bond acceptors (Lipinski definition) is 3. The van der Waals surface area contributed by atoms with E-state index in [-0.39, 0.29) is 0 Å². The molecule has 0 aliphatic carbocycles. The van der Waals surface area contributed by atoms with Gasteiger partial charge in [0.1, 0.15) is 5.75 Å². The molecule has 23 heavy (non-hydrogen) atoms. The Balaban J connectivity index is 1.50. The maximum atomic E-state index is 5.29. The lowest BCUT2D eigenvalue weighted by atomic mass is 10.0. The van der Waals surface area contributed by atoms with E-state index in [0.29, 0.717) is 6.04 Å². The van der Waals surface area contributed by atoms with Crippen molar-refractivity contribution in [3.05, 3.63) is 58.6 Å². The second-order valence-electron chi connectivity index (χ2n) is 6.06. The number of nitrogens with one attached hydrogen (secondary N) is 1. The molecule has 2 aromatic carbocycles. The Morgan fingerprint density at radius 2 is 1.91 bits per heavy atom. The van der Waals surface area contributed by atoms with E-state index in [1.54, 1.807) is 7.11 Å². The van der Waals surface area contributed by atoms with Crippen molar-refractivity contribution >= 4 is 21.6 Å². The summed E-state index contributed by atoms with van der Waals surface area (Å²) >= 11 is 3.55. The first-order valence-corrected chi connectivity index (χ1v) is 8.89. The van der Waals surface area contributed by atoms with E-state index in [2.05, 4.69) is 62.5 Å². The molecule has 4 heteroatoms. The molecule has 1 saturated heterocycles. The number of likely N-dealkylation sites (tertiary alicyclic amines) is 1. The molecule has 1 aliphatic rings. The third-order valence-electron chi connectivity index (χ3n) is 4.32. The van der Waals surface area contributed by atoms with E-state index in [9.17, 15) is 0 Å². The van der Waals surface area contributed by atoms with Crippen LogP contribution in [-0.2, 0) is 6.54 Å². The van der Waals surface area contributed by atoms with Crippen LogP contribution in [-0.4, -0.2) is 31.1 Å². The molecule has 3 nitrogen and oxygen atoms in total. The molecule has 2 aromatic rings. The number of anilines is 1. The Labute approximate surface area is 146 Å². The van der Waals surface area contributed by atoms with Crippen LogP contribution >= 0.6 is 15.9 Å². The third-order valence-corrected chi connectivity index (χ3v) is 4.82. The summed E-state index contributed by atoms with van der Waals surface area (Å²) in [5.41, 5.74) is 2.52. The van der Waals surface area contributed by atoms with Crippen molar-refractivity contribution < 1.29 is 4.74 Å². The molecule has 0 bridgehead atoms. The zero-order valence-electron chi connectivity index (χ0n) is 13.5. The lowest BCUT2D eigenvalue weighted by molar-refractivity contribution is 0.211. The normalized spacial score (nSPS) is 16.3. The molecule has 0 unspecified atom stereocenters. The van der Waals surface area contributed by atoms with Crippen LogP contribution in [0.25, 0.3) is 0 Å². The lowest BCUT2D eigenvalue weighted by Gasteiger charge is -2.33. The second-order valence-corrected chi connectivity index (χ2v) is 6.97. The van der Waals surface area contributed by atoms with Crippen molar-refractivity contribution in [1.29, 1.82) is 0 Å². The smallest absolute Gasteiger partial charge is 0.120 e. The first-order chi connectivity index (χ1) is 11.2. The molecule has 1 N–H and O–H groups in total. The minimum absolute atomic E-state index is 0.542. The molecule has 1 heterocycles. The van der Waals surface area contributed by atoms with Gasteiger partial charge in [-0.1, -0.05) is 34.1 Å². The molecule has 0 radical (unpaired) electrons. The fraction of sp³-hybridized carbons (Fsp3) is 0.368. The summed E-state index contributed by atoms with van der Waals surface area (Å²) in [6.07, 6.45) is 2.34. The molecule has 0 saturated carbocycles. The van der Waals surface area contributed by atoms with Crippen molar-refractivity contribution in [2.75, 3.05) is 25.5 Å². The highest BCUT2D eigenvalue weighted by Crippen LogP contribution is 2.22. The van der Waals surface area contributed by atoms with Gasteiger partial charge in [-0.3, -0.25) is 4.90 Å². The van der Waals surface area contributed by atoms with Crippen molar-refractivity contribution in [3.8, 4) is 5.75 Å². The Bertz CT molecular complexity index is 639. The van der Waals surface area contributed by atoms with Gasteiger partial charge in [0, 0.05) is 41.9 Å². The summed E-state index contributed by atoms with van der Waals surface area (Å²) in [7, 11) is 1.71. The predicted octanol–water partition coefficient (Wildman–Crippen LogP) is 4.53. The van der Waals surface area contributed by atoms with Crippen LogP contribution in [0.1, 0.15) is 18.4 Å². The zero-order valence-corrected chi connectivity index (χ0v) is 15.1. The van der Waals surface area contributed by atoms with Crippen molar-refractivity contribution in [2.45, 2.75) is 25.4 Å². The highest BCUT2D eigenvalue weighted by molar-refractivity contribution is 9.10. The van der Waals surface area contributed by atoms with Gasteiger partial charge in [0.15, 0.2) is 0 Å². The number of rotatable bonds is 5. The number of methoxy groups -OCH3 is 1. The largest absolute Gasteiger partial charge is 0.497 e. The van der Waals surface area contributed by atoms with Gasteiger partial charge in [-0.05, 0) is 42.7 Å². The van der Waals surface area contributed by atoms with Crippen LogP contribution in [0.2, 0.25) is 0 Å². The van der Waals surface area contributed by atoms with Crippen molar-refractivity contribution in [1.82, 2.24) is 4.90 Å². The summed E-state index contributed by atoms with van der Waals surface area (Å²) in [6.45, 7) is 3.30. The van der Waals surface area contributed by atoms with Crippen LogP contribution in [0.15, 0.2) is 53.0 Å². The summed E-state index contributed by atoms with van der Waals surface area (Å²) in [6, 6.07) is 17.3. The molecular weight excluding hydrogens is 352 g/mol. The lowest BCUT2D eigenvalue weighted by Crippen LogP contribution is -2.38. The first kappa shape index (κ1) is 16.3. The average Bonchev–Trinajstić information content (AvgIpc) is 2.57. The number of hydrogen-bond donors (Lipinski definition) is 1. The van der Waals surface area contributed by atoms with Gasteiger partial charge in [-0.15, -0.1) is 0 Å². The zero-order chi connectivity index (χ0) is 16.1. The van der Waals surface area contributed by atoms with Crippen LogP contribution in [0, 0.1) is 0 Å². The van der Waals surface area contributed by atoms with Crippen molar-refractivity contribution in [2.24, 2.45) is 0 Å². The molecule has 0 atom stereocenters. The molecule has 0 aromatic heterocycles. The molecule has 0 spiro atoms. The SMILES string of the molecule is COc1cccc(NC2CCN(Cc3cccc(Br)c3)CC2)c1. The number of benzene rings is 2. The van der Waals surface area contributed by atoms with Crippen LogP contribution in [0.4, 0.5) is 5.69 Å². The first-order valence-electron chi connectivity index (χ1n) is 8.10. The maximum Gasteiger partial charge on any atom is 0.120 e. The quantitative estimate of drug-likeness (QED) is 0.831. The minimum atomic E-state index is 0.542. The fourth-order valence-electron chi connectivity index (χ4n) is 3.08. The van der Waals surface area contributed by atoms with Gasteiger partial charge < -0.3 is 10.1 Å². The highest BCUT2D eigenvalue weighted by atomic mass is 79.9. The van der Waals surface area contributed by atoms with Gasteiger partial charge >= 0.3 is 0 Å². The molecule has 0 amide bonds. The third kappa shape index (κ3) is 4.72. The van der Waals surface area contributed by atoms with E-state index in [1.165, 1.54) is 18.4 Å². The Morgan fingerprint density at radius 1 is 1.13 bits per heavy atom. The van der Waals surface area contributed by atoms with E-state index < -0.39 is 0 Å². The molecule has 1 fully saturated rings. The summed E-state index contributed by atoms with van der Waals surface area (Å²) in [5.74, 6) is 0.905. The Hall–Kier alpha value is -1.52. The monoisotopic (exact) mass is 374 g/mol. The standard InChI is InChI=1S/C19H23BrN2O/c1-23-19-7-3-6-18(13-19)21-17-8-10-22(11-9-17)14-15-4-2-5-16(20)12-15/h2-7,12-13,17,21H,8-11,14H2,1H3. The Morgan fingerprint density at radius 3 is 2.65 bits per heavy atom. The molecule has 3 rings (SSSR count). The number of piperidine rings is 1. The minimum Gasteiger partial charge on any atom is -0.497 e. The fourth-order valence-corrected chi connectivity index (χ4v) is 3.52. The van der Waals surface area contributed by atoms with Gasteiger partial charge in [0.2, 0.25) is 0 Å². The maximum absolute atomic E-state index is 5.29. The number of halogens is 1. The number of nitrogens with zero attached hydrogens (tertiary/aromatic N) is 1. The van der Waals surface area contributed by atoms with Crippen LogP contribution in [0.5, 0.6) is 5.75 Å². The molecule has 122 valence electrons. The van der Waals surface area contributed by atoms with E-state index >= 15 is 0 Å². The molecule has 1 aliphatic heterocycles. The van der Waals surface area contributed by atoms with Crippen LogP contribution in [0.3, 0.4) is 0 Å². The van der Waals surface area contributed by atoms with Gasteiger partial charge in [0.05, 0.1) is 7.11 Å². The highest BCUT2D eigenvalue weighted by Gasteiger charge is 2.19. The van der Waals surface area contributed by atoms with E-state index in [4.69, 9.17) is 4.74 Å². The van der Waals surface area contributed by atoms with Gasteiger partial charge in [-0.2, -0.15) is 0 Å². The summed E-state index contributed by atoms with van der Waals surface area (Å²) < 4.78 is 6.44. The summed E-state index contributed by atoms with van der Waals surface area (Å²) in [4.78, 5) is 2.53.